The maximum absolute atomic E-state index is 12.1. The van der Waals surface area contributed by atoms with Crippen molar-refractivity contribution >= 4 is 17.6 Å². The third-order valence-corrected chi connectivity index (χ3v) is 3.96. The van der Waals surface area contributed by atoms with Gasteiger partial charge in [0.05, 0.1) is 11.9 Å². The lowest BCUT2D eigenvalue weighted by molar-refractivity contribution is 0.0472. The molecule has 0 spiro atoms. The average Bonchev–Trinajstić information content (AvgIpc) is 3.13. The minimum Gasteiger partial charge on any atom is -0.457 e. The van der Waals surface area contributed by atoms with Crippen molar-refractivity contribution in [2.45, 2.75) is 19.4 Å². The van der Waals surface area contributed by atoms with Gasteiger partial charge >= 0.3 is 5.97 Å². The van der Waals surface area contributed by atoms with Gasteiger partial charge in [-0.15, -0.1) is 0 Å². The molecule has 122 valence electrons. The number of hydrogen-bond donors (Lipinski definition) is 1. The van der Waals surface area contributed by atoms with Crippen molar-refractivity contribution in [1.82, 2.24) is 9.97 Å². The smallest absolute Gasteiger partial charge is 0.338 e. The number of nitrogens with one attached hydrogen (secondary N) is 1. The number of carbonyl (C=O) groups excluding carboxylic acids is 1. The second-order valence-electron chi connectivity index (χ2n) is 5.48. The molecule has 2 aromatic carbocycles. The number of nitrogens with zero attached hydrogens (tertiary/aromatic N) is 1. The zero-order chi connectivity index (χ0) is 16.8. The van der Waals surface area contributed by atoms with E-state index in [2.05, 4.69) is 9.97 Å². The number of aromatic amines is 1. The van der Waals surface area contributed by atoms with Crippen molar-refractivity contribution in [2.75, 3.05) is 0 Å². The van der Waals surface area contributed by atoms with Gasteiger partial charge in [-0.05, 0) is 48.2 Å². The Bertz CT molecular complexity index is 781. The van der Waals surface area contributed by atoms with Gasteiger partial charge in [0.15, 0.2) is 0 Å². The van der Waals surface area contributed by atoms with Crippen LogP contribution >= 0.6 is 11.6 Å². The molecule has 0 aliphatic carbocycles. The summed E-state index contributed by atoms with van der Waals surface area (Å²) < 4.78 is 5.32. The second kappa shape index (κ2) is 7.79. The molecule has 0 aliphatic heterocycles. The van der Waals surface area contributed by atoms with Crippen molar-refractivity contribution < 1.29 is 9.53 Å². The fraction of sp³-hybridized carbons (Fsp3) is 0.158. The van der Waals surface area contributed by atoms with Crippen molar-refractivity contribution in [3.05, 3.63) is 88.5 Å². The van der Waals surface area contributed by atoms with Crippen LogP contribution in [-0.4, -0.2) is 15.9 Å². The normalized spacial score (nSPS) is 10.5. The third-order valence-electron chi connectivity index (χ3n) is 3.71. The summed E-state index contributed by atoms with van der Waals surface area (Å²) in [7, 11) is 0. The Morgan fingerprint density at radius 1 is 1.00 bits per heavy atom. The molecule has 3 rings (SSSR count). The Labute approximate surface area is 145 Å². The van der Waals surface area contributed by atoms with Crippen LogP contribution in [0.3, 0.4) is 0 Å². The molecule has 0 saturated carbocycles. The van der Waals surface area contributed by atoms with Gasteiger partial charge in [-0.25, -0.2) is 9.78 Å². The molecule has 0 amide bonds. The maximum atomic E-state index is 12.1. The fourth-order valence-corrected chi connectivity index (χ4v) is 2.45. The van der Waals surface area contributed by atoms with Crippen LogP contribution in [0.1, 0.15) is 27.2 Å². The van der Waals surface area contributed by atoms with Gasteiger partial charge < -0.3 is 9.72 Å². The molecule has 0 fully saturated rings. The van der Waals surface area contributed by atoms with Gasteiger partial charge in [-0.1, -0.05) is 35.9 Å². The Hall–Kier alpha value is -2.59. The summed E-state index contributed by atoms with van der Waals surface area (Å²) in [6.45, 7) is 0.234. The zero-order valence-corrected chi connectivity index (χ0v) is 13.8. The molecule has 0 aliphatic rings. The molecular weight excluding hydrogens is 324 g/mol. The van der Waals surface area contributed by atoms with E-state index in [1.54, 1.807) is 30.6 Å². The molecule has 1 heterocycles. The lowest BCUT2D eigenvalue weighted by Gasteiger charge is -2.06. The van der Waals surface area contributed by atoms with Crippen LogP contribution in [0.2, 0.25) is 5.02 Å². The quantitative estimate of drug-likeness (QED) is 0.684. The van der Waals surface area contributed by atoms with Gasteiger partial charge in [0.1, 0.15) is 6.61 Å². The van der Waals surface area contributed by atoms with E-state index in [4.69, 9.17) is 16.3 Å². The van der Waals surface area contributed by atoms with Crippen LogP contribution in [0.5, 0.6) is 0 Å². The van der Waals surface area contributed by atoms with Crippen molar-refractivity contribution in [3.8, 4) is 0 Å². The van der Waals surface area contributed by atoms with E-state index >= 15 is 0 Å². The number of H-pyrrole nitrogens is 1. The van der Waals surface area contributed by atoms with E-state index in [1.807, 2.05) is 30.5 Å². The topological polar surface area (TPSA) is 55.0 Å². The predicted octanol–water partition coefficient (Wildman–Crippen LogP) is 4.21. The molecular formula is C19H17ClN2O2. The Morgan fingerprint density at radius 2 is 1.71 bits per heavy atom. The average molecular weight is 341 g/mol. The number of imidazole rings is 1. The minimum absolute atomic E-state index is 0.234. The fourth-order valence-electron chi connectivity index (χ4n) is 2.32. The molecule has 5 heteroatoms. The highest BCUT2D eigenvalue weighted by Gasteiger charge is 2.07. The van der Waals surface area contributed by atoms with E-state index in [0.717, 1.165) is 24.1 Å². The summed E-state index contributed by atoms with van der Waals surface area (Å²) >= 11 is 5.83. The van der Waals surface area contributed by atoms with Gasteiger partial charge in [-0.2, -0.15) is 0 Å². The summed E-state index contributed by atoms with van der Waals surface area (Å²) in [4.78, 5) is 19.2. The Morgan fingerprint density at radius 3 is 2.38 bits per heavy atom. The highest BCUT2D eigenvalue weighted by molar-refractivity contribution is 6.30. The highest BCUT2D eigenvalue weighted by atomic mass is 35.5. The number of aromatic nitrogens is 2. The number of carbonyl (C=O) groups is 1. The number of halogens is 1. The minimum atomic E-state index is -0.329. The van der Waals surface area contributed by atoms with E-state index < -0.39 is 0 Å². The summed E-state index contributed by atoms with van der Waals surface area (Å²) in [6.07, 6.45) is 5.28. The number of esters is 1. The van der Waals surface area contributed by atoms with Crippen LogP contribution in [0.4, 0.5) is 0 Å². The first-order valence-corrected chi connectivity index (χ1v) is 8.06. The first kappa shape index (κ1) is 16.3. The largest absolute Gasteiger partial charge is 0.457 e. The van der Waals surface area contributed by atoms with Gasteiger partial charge in [0, 0.05) is 16.9 Å². The summed E-state index contributed by atoms with van der Waals surface area (Å²) in [5.74, 6) is -0.329. The van der Waals surface area contributed by atoms with E-state index in [1.165, 1.54) is 5.56 Å². The zero-order valence-electron chi connectivity index (χ0n) is 13.0. The molecule has 1 aromatic heterocycles. The summed E-state index contributed by atoms with van der Waals surface area (Å²) in [5.41, 5.74) is 3.72. The second-order valence-corrected chi connectivity index (χ2v) is 5.91. The maximum Gasteiger partial charge on any atom is 0.338 e. The molecule has 0 bridgehead atoms. The van der Waals surface area contributed by atoms with Crippen LogP contribution < -0.4 is 0 Å². The standard InChI is InChI=1S/C19H17ClN2O2/c20-17-8-3-15(4-9-17)12-24-19(23)16-6-1-14(2-7-16)5-10-18-11-21-13-22-18/h1-4,6-9,11,13H,5,10,12H2,(H,21,22). The molecule has 1 N–H and O–H groups in total. The predicted molar refractivity (Wildman–Crippen MR) is 93.0 cm³/mol. The van der Waals surface area contributed by atoms with Crippen LogP contribution in [0.25, 0.3) is 0 Å². The number of aryl methyl sites for hydroxylation is 2. The highest BCUT2D eigenvalue weighted by Crippen LogP contribution is 2.12. The van der Waals surface area contributed by atoms with Crippen molar-refractivity contribution in [2.24, 2.45) is 0 Å². The molecule has 4 nitrogen and oxygen atoms in total. The molecule has 0 radical (unpaired) electrons. The monoisotopic (exact) mass is 340 g/mol. The molecule has 0 atom stereocenters. The SMILES string of the molecule is O=C(OCc1ccc(Cl)cc1)c1ccc(CCc2cnc[nH]2)cc1. The summed E-state index contributed by atoms with van der Waals surface area (Å²) in [5, 5.41) is 0.663. The number of hydrogen-bond acceptors (Lipinski definition) is 3. The molecule has 0 unspecified atom stereocenters. The Kier molecular flexibility index (Phi) is 5.29. The van der Waals surface area contributed by atoms with E-state index in [-0.39, 0.29) is 12.6 Å². The lowest BCUT2D eigenvalue weighted by Crippen LogP contribution is -2.05. The van der Waals surface area contributed by atoms with Crippen molar-refractivity contribution in [1.29, 1.82) is 0 Å². The number of ether oxygens (including phenoxy) is 1. The number of benzene rings is 2. The van der Waals surface area contributed by atoms with E-state index in [0.29, 0.717) is 10.6 Å². The third kappa shape index (κ3) is 4.46. The molecule has 0 saturated heterocycles. The van der Waals surface area contributed by atoms with Gasteiger partial charge in [0.25, 0.3) is 0 Å². The van der Waals surface area contributed by atoms with Gasteiger partial charge in [-0.3, -0.25) is 0 Å². The van der Waals surface area contributed by atoms with Crippen LogP contribution in [0, 0.1) is 0 Å². The van der Waals surface area contributed by atoms with Crippen molar-refractivity contribution in [3.63, 3.8) is 0 Å². The molecule has 3 aromatic rings. The lowest BCUT2D eigenvalue weighted by atomic mass is 10.1. The van der Waals surface area contributed by atoms with E-state index in [9.17, 15) is 4.79 Å². The first-order valence-electron chi connectivity index (χ1n) is 7.68. The summed E-state index contributed by atoms with van der Waals surface area (Å²) in [6, 6.07) is 14.7. The number of rotatable bonds is 6. The first-order chi connectivity index (χ1) is 11.7. The van der Waals surface area contributed by atoms with Crippen LogP contribution in [0.15, 0.2) is 61.1 Å². The van der Waals surface area contributed by atoms with Crippen LogP contribution in [-0.2, 0) is 24.2 Å². The Balaban J connectivity index is 1.52. The van der Waals surface area contributed by atoms with Gasteiger partial charge in [0.2, 0.25) is 0 Å². The molecule has 24 heavy (non-hydrogen) atoms.